The lowest BCUT2D eigenvalue weighted by Crippen LogP contribution is -2.36. The van der Waals surface area contributed by atoms with Crippen molar-refractivity contribution in [2.45, 2.75) is 30.8 Å². The number of alkyl halides is 3. The van der Waals surface area contributed by atoms with Crippen molar-refractivity contribution in [3.8, 4) is 0 Å². The quantitative estimate of drug-likeness (QED) is 0.869. The third-order valence-electron chi connectivity index (χ3n) is 4.06. The minimum Gasteiger partial charge on any atom is -0.395 e. The van der Waals surface area contributed by atoms with Crippen LogP contribution >= 0.6 is 0 Å². The molecule has 1 heterocycles. The van der Waals surface area contributed by atoms with Gasteiger partial charge in [-0.05, 0) is 24.1 Å². The fourth-order valence-electron chi connectivity index (χ4n) is 2.74. The van der Waals surface area contributed by atoms with Crippen LogP contribution in [-0.2, 0) is 10.9 Å². The first-order valence-electron chi connectivity index (χ1n) is 7.08. The van der Waals surface area contributed by atoms with Crippen LogP contribution < -0.4 is 0 Å². The lowest BCUT2D eigenvalue weighted by Gasteiger charge is -2.25. The van der Waals surface area contributed by atoms with Crippen LogP contribution in [0.5, 0.6) is 0 Å². The van der Waals surface area contributed by atoms with Crippen molar-refractivity contribution in [1.29, 1.82) is 0 Å². The average Bonchev–Trinajstić information content (AvgIpc) is 2.88. The topological polar surface area (TPSA) is 52.9 Å². The van der Waals surface area contributed by atoms with Gasteiger partial charge in [-0.15, -0.1) is 0 Å². The number of ether oxygens (including phenoxy) is 1. The zero-order valence-electron chi connectivity index (χ0n) is 12.3. The zero-order chi connectivity index (χ0) is 16.3. The molecule has 0 unspecified atom stereocenters. The molecule has 0 saturated carbocycles. The molecule has 3 atom stereocenters. The summed E-state index contributed by atoms with van der Waals surface area (Å²) < 4.78 is 42.8. The summed E-state index contributed by atoms with van der Waals surface area (Å²) >= 11 is 0. The summed E-state index contributed by atoms with van der Waals surface area (Å²) in [5, 5.41) is 19.6. The molecule has 7 heteroatoms. The van der Waals surface area contributed by atoms with E-state index in [-0.39, 0.29) is 25.3 Å². The standard InChI is InChI=1S/C15H20F3NO3/c1-22-13-6-12(9-20)19(7-13)8-14(21)10-2-4-11(5-3-10)15(16,17)18/h2-5,12-14,20-21H,6-9H2,1H3/t12-,13+,14+/m0/s1. The monoisotopic (exact) mass is 319 g/mol. The second kappa shape index (κ2) is 6.95. The Morgan fingerprint density at radius 3 is 2.45 bits per heavy atom. The first kappa shape index (κ1) is 17.2. The number of nitrogens with zero attached hydrogens (tertiary/aromatic N) is 1. The van der Waals surface area contributed by atoms with E-state index in [1.807, 2.05) is 4.90 Å². The van der Waals surface area contributed by atoms with E-state index < -0.39 is 17.8 Å². The van der Waals surface area contributed by atoms with Gasteiger partial charge in [0, 0.05) is 26.2 Å². The molecule has 124 valence electrons. The minimum absolute atomic E-state index is 0.00282. The van der Waals surface area contributed by atoms with Gasteiger partial charge in [0.2, 0.25) is 0 Å². The molecule has 1 aromatic rings. The number of halogens is 3. The summed E-state index contributed by atoms with van der Waals surface area (Å²) in [6.07, 6.45) is -4.62. The molecular weight excluding hydrogens is 299 g/mol. The van der Waals surface area contributed by atoms with Crippen LogP contribution in [0.4, 0.5) is 13.2 Å². The van der Waals surface area contributed by atoms with Gasteiger partial charge in [0.15, 0.2) is 0 Å². The van der Waals surface area contributed by atoms with Crippen molar-refractivity contribution in [3.05, 3.63) is 35.4 Å². The Labute approximate surface area is 127 Å². The van der Waals surface area contributed by atoms with Crippen molar-refractivity contribution in [3.63, 3.8) is 0 Å². The predicted molar refractivity (Wildman–Crippen MR) is 74.3 cm³/mol. The summed E-state index contributed by atoms with van der Waals surface area (Å²) in [4.78, 5) is 1.90. The summed E-state index contributed by atoms with van der Waals surface area (Å²) in [6, 6.07) is 4.39. The van der Waals surface area contributed by atoms with E-state index in [0.29, 0.717) is 18.5 Å². The minimum atomic E-state index is -4.38. The molecule has 0 amide bonds. The number of hydrogen-bond donors (Lipinski definition) is 2. The van der Waals surface area contributed by atoms with E-state index >= 15 is 0 Å². The number of likely N-dealkylation sites (tertiary alicyclic amines) is 1. The molecule has 1 aliphatic rings. The highest BCUT2D eigenvalue weighted by molar-refractivity contribution is 5.26. The molecule has 1 aliphatic heterocycles. The second-order valence-electron chi connectivity index (χ2n) is 5.52. The van der Waals surface area contributed by atoms with Crippen molar-refractivity contribution in [2.24, 2.45) is 0 Å². The van der Waals surface area contributed by atoms with Gasteiger partial charge < -0.3 is 14.9 Å². The largest absolute Gasteiger partial charge is 0.416 e. The number of β-amino-alcohol motifs (C(OH)–C–C–N with tert-alkyl or cyclic N) is 1. The van der Waals surface area contributed by atoms with E-state index in [2.05, 4.69) is 0 Å². The Morgan fingerprint density at radius 2 is 1.95 bits per heavy atom. The Balaban J connectivity index is 2.01. The summed E-state index contributed by atoms with van der Waals surface area (Å²) in [5.41, 5.74) is -0.317. The van der Waals surface area contributed by atoms with Crippen LogP contribution in [0.3, 0.4) is 0 Å². The highest BCUT2D eigenvalue weighted by atomic mass is 19.4. The SMILES string of the molecule is CO[C@@H]1C[C@@H](CO)N(C[C@@H](O)c2ccc(C(F)(F)F)cc2)C1. The maximum Gasteiger partial charge on any atom is 0.416 e. The van der Waals surface area contributed by atoms with Crippen LogP contribution in [-0.4, -0.2) is 54.1 Å². The molecule has 2 rings (SSSR count). The fraction of sp³-hybridized carbons (Fsp3) is 0.600. The van der Waals surface area contributed by atoms with Gasteiger partial charge in [0.1, 0.15) is 0 Å². The normalized spacial score (nSPS) is 24.6. The lowest BCUT2D eigenvalue weighted by atomic mass is 10.1. The van der Waals surface area contributed by atoms with Gasteiger partial charge in [-0.1, -0.05) is 12.1 Å². The third kappa shape index (κ3) is 3.98. The molecule has 0 radical (unpaired) electrons. The highest BCUT2D eigenvalue weighted by Crippen LogP contribution is 2.30. The van der Waals surface area contributed by atoms with Crippen LogP contribution in [0.15, 0.2) is 24.3 Å². The first-order chi connectivity index (χ1) is 10.3. The van der Waals surface area contributed by atoms with Crippen LogP contribution in [0.25, 0.3) is 0 Å². The molecule has 1 saturated heterocycles. The summed E-state index contributed by atoms with van der Waals surface area (Å²) in [7, 11) is 1.59. The summed E-state index contributed by atoms with van der Waals surface area (Å²) in [5.74, 6) is 0. The number of methoxy groups -OCH3 is 1. The van der Waals surface area contributed by atoms with Gasteiger partial charge in [0.05, 0.1) is 24.4 Å². The maximum atomic E-state index is 12.5. The molecule has 2 N–H and O–H groups in total. The van der Waals surface area contributed by atoms with Crippen molar-refractivity contribution in [1.82, 2.24) is 4.90 Å². The molecule has 1 aromatic carbocycles. The highest BCUT2D eigenvalue weighted by Gasteiger charge is 2.33. The van der Waals surface area contributed by atoms with Crippen LogP contribution in [0.2, 0.25) is 0 Å². The van der Waals surface area contributed by atoms with Crippen molar-refractivity contribution >= 4 is 0 Å². The molecule has 1 fully saturated rings. The predicted octanol–water partition coefficient (Wildman–Crippen LogP) is 1.82. The van der Waals surface area contributed by atoms with E-state index in [4.69, 9.17) is 4.74 Å². The van der Waals surface area contributed by atoms with Gasteiger partial charge >= 0.3 is 6.18 Å². The number of aliphatic hydroxyl groups excluding tert-OH is 2. The molecule has 0 aromatic heterocycles. The van der Waals surface area contributed by atoms with E-state index in [1.54, 1.807) is 7.11 Å². The summed E-state index contributed by atoms with van der Waals surface area (Å²) in [6.45, 7) is 0.787. The van der Waals surface area contributed by atoms with Gasteiger partial charge in [0.25, 0.3) is 0 Å². The molecular formula is C15H20F3NO3. The number of aliphatic hydroxyl groups is 2. The van der Waals surface area contributed by atoms with E-state index in [1.165, 1.54) is 12.1 Å². The second-order valence-corrected chi connectivity index (χ2v) is 5.52. The average molecular weight is 319 g/mol. The molecule has 0 spiro atoms. The molecule has 22 heavy (non-hydrogen) atoms. The number of hydrogen-bond acceptors (Lipinski definition) is 4. The Kier molecular flexibility index (Phi) is 5.44. The molecule has 0 bridgehead atoms. The van der Waals surface area contributed by atoms with Gasteiger partial charge in [-0.2, -0.15) is 13.2 Å². The molecule has 4 nitrogen and oxygen atoms in total. The zero-order valence-corrected chi connectivity index (χ0v) is 12.3. The smallest absolute Gasteiger partial charge is 0.395 e. The fourth-order valence-corrected chi connectivity index (χ4v) is 2.74. The van der Waals surface area contributed by atoms with Crippen molar-refractivity contribution < 1.29 is 28.1 Å². The number of rotatable bonds is 5. The third-order valence-corrected chi connectivity index (χ3v) is 4.06. The Bertz CT molecular complexity index is 478. The van der Waals surface area contributed by atoms with Gasteiger partial charge in [-0.3, -0.25) is 4.90 Å². The number of benzene rings is 1. The maximum absolute atomic E-state index is 12.5. The first-order valence-corrected chi connectivity index (χ1v) is 7.08. The van der Waals surface area contributed by atoms with E-state index in [0.717, 1.165) is 12.1 Å². The van der Waals surface area contributed by atoms with E-state index in [9.17, 15) is 23.4 Å². The van der Waals surface area contributed by atoms with Crippen LogP contribution in [0, 0.1) is 0 Å². The van der Waals surface area contributed by atoms with Gasteiger partial charge in [-0.25, -0.2) is 0 Å². The van der Waals surface area contributed by atoms with Crippen molar-refractivity contribution in [2.75, 3.05) is 26.8 Å². The Hall–Kier alpha value is -1.15. The van der Waals surface area contributed by atoms with Crippen LogP contribution in [0.1, 0.15) is 23.7 Å². The lowest BCUT2D eigenvalue weighted by molar-refractivity contribution is -0.137. The molecule has 0 aliphatic carbocycles. The Morgan fingerprint density at radius 1 is 1.32 bits per heavy atom.